The van der Waals surface area contributed by atoms with E-state index in [9.17, 15) is 9.18 Å². The van der Waals surface area contributed by atoms with Crippen molar-refractivity contribution in [2.75, 3.05) is 38.5 Å². The number of carbonyl (C=O) groups excluding carboxylic acids is 1. The quantitative estimate of drug-likeness (QED) is 0.275. The zero-order valence-electron chi connectivity index (χ0n) is 23.9. The van der Waals surface area contributed by atoms with E-state index in [1.807, 2.05) is 4.52 Å². The molecule has 4 aromatic rings. The maximum Gasteiger partial charge on any atom is 0.302 e. The number of nitrogens with zero attached hydrogens (tertiary/aromatic N) is 6. The number of piperazine rings is 1. The molecule has 42 heavy (non-hydrogen) atoms. The molecular weight excluding hydrogens is 557 g/mol. The van der Waals surface area contributed by atoms with Crippen LogP contribution in [0.15, 0.2) is 48.7 Å². The lowest BCUT2D eigenvalue weighted by atomic mass is 9.87. The number of benzene rings is 2. The van der Waals surface area contributed by atoms with Crippen molar-refractivity contribution in [1.29, 1.82) is 0 Å². The normalized spacial score (nSPS) is 20.1. The number of imidazole rings is 1. The van der Waals surface area contributed by atoms with Crippen LogP contribution in [-0.4, -0.2) is 74.7 Å². The Morgan fingerprint density at radius 3 is 2.50 bits per heavy atom. The van der Waals surface area contributed by atoms with Gasteiger partial charge < -0.3 is 15.0 Å². The van der Waals surface area contributed by atoms with Gasteiger partial charge in [-0.1, -0.05) is 35.9 Å². The highest BCUT2D eigenvalue weighted by Gasteiger charge is 2.29. The van der Waals surface area contributed by atoms with Crippen LogP contribution in [0.2, 0.25) is 5.02 Å². The zero-order valence-corrected chi connectivity index (χ0v) is 24.6. The number of hydrogen-bond acceptors (Lipinski definition) is 8. The van der Waals surface area contributed by atoms with E-state index in [4.69, 9.17) is 26.4 Å². The molecule has 2 fully saturated rings. The van der Waals surface area contributed by atoms with Gasteiger partial charge >= 0.3 is 5.97 Å². The van der Waals surface area contributed by atoms with Crippen LogP contribution in [0, 0.1) is 5.82 Å². The number of esters is 1. The van der Waals surface area contributed by atoms with Crippen LogP contribution in [0.5, 0.6) is 0 Å². The topological polar surface area (TPSA) is 87.9 Å². The smallest absolute Gasteiger partial charge is 0.302 e. The largest absolute Gasteiger partial charge is 0.463 e. The van der Waals surface area contributed by atoms with E-state index in [1.54, 1.807) is 12.3 Å². The lowest BCUT2D eigenvalue weighted by Gasteiger charge is -2.32. The van der Waals surface area contributed by atoms with Crippen LogP contribution in [0.1, 0.15) is 49.9 Å². The Morgan fingerprint density at radius 1 is 1.07 bits per heavy atom. The third-order valence-electron chi connectivity index (χ3n) is 8.14. The summed E-state index contributed by atoms with van der Waals surface area (Å²) in [6.07, 6.45) is 4.88. The molecule has 0 bridgehead atoms. The first-order valence-electron chi connectivity index (χ1n) is 14.5. The standard InChI is InChI=1S/C31H35ClFN7O2/c1-20(41)42-27-9-7-23(8-10-27)30-36-29(22-5-3-21(4-6-22)19-39-13-11-38(2)12-14-39)28-18-34-31(37-40(28)30)35-26-16-24(32)15-25(33)17-26/h3-6,15-18,23,27H,7-14,19H2,1-2H3,(H,35,37)/t23-,27-. The Bertz CT molecular complexity index is 1540. The molecule has 0 unspecified atom stereocenters. The number of aromatic nitrogens is 4. The number of halogens is 2. The van der Waals surface area contributed by atoms with Gasteiger partial charge in [-0.3, -0.25) is 9.69 Å². The van der Waals surface area contributed by atoms with Crippen LogP contribution in [0.3, 0.4) is 0 Å². The Kier molecular flexibility index (Phi) is 8.37. The fourth-order valence-electron chi connectivity index (χ4n) is 5.90. The predicted molar refractivity (Wildman–Crippen MR) is 160 cm³/mol. The minimum absolute atomic E-state index is 0.0677. The zero-order chi connectivity index (χ0) is 29.2. The van der Waals surface area contributed by atoms with Crippen molar-refractivity contribution in [3.63, 3.8) is 0 Å². The van der Waals surface area contributed by atoms with E-state index in [2.05, 4.69) is 51.4 Å². The molecule has 220 valence electrons. The molecule has 0 atom stereocenters. The van der Waals surface area contributed by atoms with Crippen molar-refractivity contribution in [3.05, 3.63) is 70.9 Å². The fourth-order valence-corrected chi connectivity index (χ4v) is 6.12. The van der Waals surface area contributed by atoms with Gasteiger partial charge in [0.1, 0.15) is 23.3 Å². The summed E-state index contributed by atoms with van der Waals surface area (Å²) in [7, 11) is 2.17. The van der Waals surface area contributed by atoms with Crippen molar-refractivity contribution >= 4 is 34.7 Å². The number of nitrogens with one attached hydrogen (secondary N) is 1. The van der Waals surface area contributed by atoms with E-state index >= 15 is 0 Å². The Hall–Kier alpha value is -3.60. The molecule has 0 amide bonds. The van der Waals surface area contributed by atoms with Gasteiger partial charge in [0.05, 0.1) is 11.9 Å². The van der Waals surface area contributed by atoms with Crippen LogP contribution in [-0.2, 0) is 16.1 Å². The second-order valence-corrected chi connectivity index (χ2v) is 11.8. The number of rotatable bonds is 7. The SMILES string of the molecule is CC(=O)O[C@H]1CC[C@H](c2nc(-c3ccc(CN4CCN(C)CC4)cc3)c3cnc(Nc4cc(F)cc(Cl)c4)nn32)CC1. The molecule has 6 rings (SSSR count). The monoisotopic (exact) mass is 591 g/mol. The first-order valence-corrected chi connectivity index (χ1v) is 14.8. The third kappa shape index (κ3) is 6.56. The van der Waals surface area contributed by atoms with Crippen LogP contribution >= 0.6 is 11.6 Å². The number of hydrogen-bond donors (Lipinski definition) is 1. The minimum Gasteiger partial charge on any atom is -0.463 e. The molecule has 2 aliphatic rings. The van der Waals surface area contributed by atoms with Gasteiger partial charge in [0.25, 0.3) is 0 Å². The predicted octanol–water partition coefficient (Wildman–Crippen LogP) is 5.66. The molecular formula is C31H35ClFN7O2. The Morgan fingerprint density at radius 2 is 1.81 bits per heavy atom. The van der Waals surface area contributed by atoms with E-state index in [1.165, 1.54) is 24.6 Å². The van der Waals surface area contributed by atoms with E-state index in [-0.39, 0.29) is 23.0 Å². The summed E-state index contributed by atoms with van der Waals surface area (Å²) in [5.41, 5.74) is 4.34. The molecule has 1 N–H and O–H groups in total. The highest BCUT2D eigenvalue weighted by molar-refractivity contribution is 6.30. The van der Waals surface area contributed by atoms with Gasteiger partial charge in [-0.05, 0) is 56.5 Å². The lowest BCUT2D eigenvalue weighted by molar-refractivity contribution is -0.147. The van der Waals surface area contributed by atoms with Crippen molar-refractivity contribution in [3.8, 4) is 11.3 Å². The first kappa shape index (κ1) is 28.5. The highest BCUT2D eigenvalue weighted by Crippen LogP contribution is 2.36. The number of fused-ring (bicyclic) bond motifs is 1. The summed E-state index contributed by atoms with van der Waals surface area (Å²) in [4.78, 5) is 26.0. The molecule has 1 aliphatic heterocycles. The number of ether oxygens (including phenoxy) is 1. The average molecular weight is 592 g/mol. The van der Waals surface area contributed by atoms with Gasteiger partial charge in [0.15, 0.2) is 0 Å². The van der Waals surface area contributed by atoms with Crippen molar-refractivity contribution in [2.24, 2.45) is 0 Å². The average Bonchev–Trinajstić information content (AvgIpc) is 3.33. The molecule has 1 aliphatic carbocycles. The summed E-state index contributed by atoms with van der Waals surface area (Å²) in [5, 5.41) is 8.15. The summed E-state index contributed by atoms with van der Waals surface area (Å²) in [6.45, 7) is 6.71. The van der Waals surface area contributed by atoms with Gasteiger partial charge in [-0.2, -0.15) is 0 Å². The maximum atomic E-state index is 14.0. The van der Waals surface area contributed by atoms with Gasteiger partial charge in [-0.25, -0.2) is 18.9 Å². The summed E-state index contributed by atoms with van der Waals surface area (Å²) < 4.78 is 21.3. The van der Waals surface area contributed by atoms with Crippen molar-refractivity contribution in [2.45, 2.75) is 51.2 Å². The van der Waals surface area contributed by atoms with E-state index < -0.39 is 5.82 Å². The summed E-state index contributed by atoms with van der Waals surface area (Å²) >= 11 is 6.05. The van der Waals surface area contributed by atoms with Crippen molar-refractivity contribution < 1.29 is 13.9 Å². The number of likely N-dealkylation sites (N-methyl/N-ethyl adjacent to an activating group) is 1. The lowest BCUT2D eigenvalue weighted by Crippen LogP contribution is -2.43. The van der Waals surface area contributed by atoms with Crippen LogP contribution in [0.4, 0.5) is 16.0 Å². The second-order valence-electron chi connectivity index (χ2n) is 11.3. The van der Waals surface area contributed by atoms with E-state index in [0.29, 0.717) is 11.6 Å². The number of anilines is 2. The molecule has 1 saturated heterocycles. The third-order valence-corrected chi connectivity index (χ3v) is 8.36. The maximum absolute atomic E-state index is 14.0. The molecule has 2 aromatic carbocycles. The molecule has 3 heterocycles. The second kappa shape index (κ2) is 12.3. The fraction of sp³-hybridized carbons (Fsp3) is 0.419. The van der Waals surface area contributed by atoms with Crippen molar-refractivity contribution in [1.82, 2.24) is 29.4 Å². The summed E-state index contributed by atoms with van der Waals surface area (Å²) in [6, 6.07) is 12.8. The minimum atomic E-state index is -0.447. The Labute approximate surface area is 249 Å². The molecule has 11 heteroatoms. The molecule has 9 nitrogen and oxygen atoms in total. The van der Waals surface area contributed by atoms with Crippen LogP contribution in [0.25, 0.3) is 16.8 Å². The highest BCUT2D eigenvalue weighted by atomic mass is 35.5. The Balaban J connectivity index is 1.30. The first-order chi connectivity index (χ1) is 20.3. The van der Waals surface area contributed by atoms with Crippen LogP contribution < -0.4 is 5.32 Å². The van der Waals surface area contributed by atoms with Gasteiger partial charge in [-0.15, -0.1) is 5.10 Å². The summed E-state index contributed by atoms with van der Waals surface area (Å²) in [5.74, 6) is 0.596. The van der Waals surface area contributed by atoms with Gasteiger partial charge in [0, 0.05) is 61.8 Å². The molecule has 0 spiro atoms. The van der Waals surface area contributed by atoms with Gasteiger partial charge in [0.2, 0.25) is 5.95 Å². The molecule has 1 saturated carbocycles. The molecule has 0 radical (unpaired) electrons. The number of carbonyl (C=O) groups is 1. The molecule has 2 aromatic heterocycles. The van der Waals surface area contributed by atoms with E-state index in [0.717, 1.165) is 81.0 Å².